The van der Waals surface area contributed by atoms with Crippen molar-refractivity contribution in [3.8, 4) is 11.5 Å². The Kier molecular flexibility index (Phi) is 5.02. The van der Waals surface area contributed by atoms with Gasteiger partial charge in [-0.15, -0.1) is 0 Å². The van der Waals surface area contributed by atoms with Gasteiger partial charge in [-0.05, 0) is 53.0 Å². The monoisotopic (exact) mass is 348 g/mol. The molecule has 0 N–H and O–H groups in total. The lowest BCUT2D eigenvalue weighted by molar-refractivity contribution is 0.112. The second-order valence-electron chi connectivity index (χ2n) is 4.87. The van der Waals surface area contributed by atoms with Crippen LogP contribution < -0.4 is 9.47 Å². The van der Waals surface area contributed by atoms with E-state index in [1.54, 1.807) is 19.2 Å². The minimum atomic E-state index is 0.447. The van der Waals surface area contributed by atoms with E-state index in [0.717, 1.165) is 11.8 Å². The molecule has 0 saturated heterocycles. The fraction of sp³-hybridized carbons (Fsp3) is 0.235. The van der Waals surface area contributed by atoms with Crippen LogP contribution in [0.1, 0.15) is 27.0 Å². The summed E-state index contributed by atoms with van der Waals surface area (Å²) in [7, 11) is 1.56. The Morgan fingerprint density at radius 3 is 2.62 bits per heavy atom. The Morgan fingerprint density at radius 1 is 1.19 bits per heavy atom. The average molecular weight is 349 g/mol. The van der Waals surface area contributed by atoms with E-state index in [4.69, 9.17) is 9.47 Å². The van der Waals surface area contributed by atoms with E-state index in [2.05, 4.69) is 48.0 Å². The van der Waals surface area contributed by atoms with Crippen molar-refractivity contribution in [3.05, 3.63) is 57.1 Å². The molecule has 2 aromatic rings. The van der Waals surface area contributed by atoms with Crippen LogP contribution in [0.4, 0.5) is 0 Å². The Labute approximate surface area is 133 Å². The molecule has 0 heterocycles. The van der Waals surface area contributed by atoms with E-state index < -0.39 is 0 Å². The lowest BCUT2D eigenvalue weighted by Crippen LogP contribution is -2.01. The van der Waals surface area contributed by atoms with Gasteiger partial charge in [0.15, 0.2) is 11.5 Å². The van der Waals surface area contributed by atoms with Crippen molar-refractivity contribution in [1.29, 1.82) is 0 Å². The first kappa shape index (κ1) is 15.6. The van der Waals surface area contributed by atoms with Crippen LogP contribution in [0.15, 0.2) is 34.8 Å². The summed E-state index contributed by atoms with van der Waals surface area (Å²) in [5.74, 6) is 1.14. The maximum atomic E-state index is 10.9. The third kappa shape index (κ3) is 3.64. The number of methoxy groups -OCH3 is 1. The topological polar surface area (TPSA) is 35.5 Å². The number of hydrogen-bond donors (Lipinski definition) is 0. The molecule has 0 atom stereocenters. The van der Waals surface area contributed by atoms with Crippen molar-refractivity contribution in [1.82, 2.24) is 0 Å². The van der Waals surface area contributed by atoms with Gasteiger partial charge in [0.1, 0.15) is 12.9 Å². The first-order valence-corrected chi connectivity index (χ1v) is 7.36. The zero-order chi connectivity index (χ0) is 15.4. The van der Waals surface area contributed by atoms with E-state index in [0.29, 0.717) is 28.1 Å². The second-order valence-corrected chi connectivity index (χ2v) is 5.72. The Hall–Kier alpha value is -1.81. The molecule has 21 heavy (non-hydrogen) atoms. The van der Waals surface area contributed by atoms with Gasteiger partial charge >= 0.3 is 0 Å². The van der Waals surface area contributed by atoms with Crippen LogP contribution in [0.3, 0.4) is 0 Å². The molecular formula is C17H17BrO3. The van der Waals surface area contributed by atoms with Crippen molar-refractivity contribution in [3.63, 3.8) is 0 Å². The fourth-order valence-electron chi connectivity index (χ4n) is 2.05. The molecule has 4 heteroatoms. The molecule has 0 spiro atoms. The molecule has 0 saturated carbocycles. The third-order valence-corrected chi connectivity index (χ3v) is 3.85. The molecule has 0 aliphatic rings. The van der Waals surface area contributed by atoms with E-state index in [1.807, 2.05) is 0 Å². The highest BCUT2D eigenvalue weighted by atomic mass is 79.9. The molecular weight excluding hydrogens is 332 g/mol. The van der Waals surface area contributed by atoms with Crippen LogP contribution in [-0.2, 0) is 6.61 Å². The van der Waals surface area contributed by atoms with Crippen LogP contribution in [0.2, 0.25) is 0 Å². The van der Waals surface area contributed by atoms with Gasteiger partial charge in [0, 0.05) is 5.56 Å². The van der Waals surface area contributed by atoms with Crippen molar-refractivity contribution >= 4 is 22.2 Å². The largest absolute Gasteiger partial charge is 0.493 e. The molecule has 110 valence electrons. The molecule has 0 aromatic heterocycles. The number of hydrogen-bond acceptors (Lipinski definition) is 3. The molecule has 0 bridgehead atoms. The first-order chi connectivity index (χ1) is 10.0. The van der Waals surface area contributed by atoms with Gasteiger partial charge in [0.25, 0.3) is 0 Å². The predicted molar refractivity (Wildman–Crippen MR) is 86.3 cm³/mol. The highest BCUT2D eigenvalue weighted by molar-refractivity contribution is 9.10. The highest BCUT2D eigenvalue weighted by Crippen LogP contribution is 2.37. The summed E-state index contributed by atoms with van der Waals surface area (Å²) >= 11 is 3.42. The molecule has 0 amide bonds. The molecule has 0 aliphatic heterocycles. The van der Waals surface area contributed by atoms with Gasteiger partial charge in [0.2, 0.25) is 0 Å². The van der Waals surface area contributed by atoms with E-state index in [1.165, 1.54) is 11.1 Å². The fourth-order valence-corrected chi connectivity index (χ4v) is 2.63. The maximum Gasteiger partial charge on any atom is 0.175 e. The quantitative estimate of drug-likeness (QED) is 0.748. The zero-order valence-electron chi connectivity index (χ0n) is 12.3. The van der Waals surface area contributed by atoms with Crippen molar-refractivity contribution in [2.45, 2.75) is 20.5 Å². The van der Waals surface area contributed by atoms with Crippen LogP contribution in [0.5, 0.6) is 11.5 Å². The van der Waals surface area contributed by atoms with Crippen LogP contribution in [-0.4, -0.2) is 13.4 Å². The van der Waals surface area contributed by atoms with E-state index >= 15 is 0 Å². The van der Waals surface area contributed by atoms with E-state index in [9.17, 15) is 4.79 Å². The lowest BCUT2D eigenvalue weighted by Gasteiger charge is -2.14. The van der Waals surface area contributed by atoms with Crippen molar-refractivity contribution in [2.24, 2.45) is 0 Å². The number of ether oxygens (including phenoxy) is 2. The third-order valence-electron chi connectivity index (χ3n) is 3.26. The first-order valence-electron chi connectivity index (χ1n) is 6.56. The number of aryl methyl sites for hydroxylation is 2. The number of aldehydes is 1. The summed E-state index contributed by atoms with van der Waals surface area (Å²) in [6.07, 6.45) is 0.780. The minimum absolute atomic E-state index is 0.447. The highest BCUT2D eigenvalue weighted by Gasteiger charge is 2.12. The molecule has 0 fully saturated rings. The van der Waals surface area contributed by atoms with Crippen molar-refractivity contribution < 1.29 is 14.3 Å². The molecule has 2 aromatic carbocycles. The Balaban J connectivity index is 2.27. The summed E-state index contributed by atoms with van der Waals surface area (Å²) in [5, 5.41) is 0. The van der Waals surface area contributed by atoms with Gasteiger partial charge in [0.05, 0.1) is 11.6 Å². The SMILES string of the molecule is COc1cc(C=O)cc(Br)c1OCc1cc(C)ccc1C. The number of rotatable bonds is 5. The smallest absolute Gasteiger partial charge is 0.175 e. The minimum Gasteiger partial charge on any atom is -0.493 e. The van der Waals surface area contributed by atoms with Gasteiger partial charge in [-0.25, -0.2) is 0 Å². The van der Waals surface area contributed by atoms with Gasteiger partial charge in [-0.1, -0.05) is 23.8 Å². The Bertz CT molecular complexity index is 665. The van der Waals surface area contributed by atoms with Gasteiger partial charge in [-0.2, -0.15) is 0 Å². The number of carbonyl (C=O) groups excluding carboxylic acids is 1. The standard InChI is InChI=1S/C17H17BrO3/c1-11-4-5-12(2)14(6-11)10-21-17-15(18)7-13(9-19)8-16(17)20-3/h4-9H,10H2,1-3H3. The van der Waals surface area contributed by atoms with Crippen LogP contribution in [0, 0.1) is 13.8 Å². The summed E-state index contributed by atoms with van der Waals surface area (Å²) in [5.41, 5.74) is 4.04. The normalized spacial score (nSPS) is 10.3. The van der Waals surface area contributed by atoms with Crippen LogP contribution in [0.25, 0.3) is 0 Å². The number of benzene rings is 2. The number of carbonyl (C=O) groups is 1. The van der Waals surface area contributed by atoms with Gasteiger partial charge in [-0.3, -0.25) is 4.79 Å². The molecule has 0 aliphatic carbocycles. The molecule has 2 rings (SSSR count). The summed E-state index contributed by atoms with van der Waals surface area (Å²) in [6.45, 7) is 4.56. The maximum absolute atomic E-state index is 10.9. The predicted octanol–water partition coefficient (Wildman–Crippen LogP) is 4.47. The summed E-state index contributed by atoms with van der Waals surface area (Å²) in [6, 6.07) is 9.64. The molecule has 0 radical (unpaired) electrons. The lowest BCUT2D eigenvalue weighted by atomic mass is 10.1. The van der Waals surface area contributed by atoms with Gasteiger partial charge < -0.3 is 9.47 Å². The summed E-state index contributed by atoms with van der Waals surface area (Å²) in [4.78, 5) is 10.9. The number of halogens is 1. The summed E-state index contributed by atoms with van der Waals surface area (Å²) < 4.78 is 11.9. The zero-order valence-corrected chi connectivity index (χ0v) is 13.9. The molecule has 0 unspecified atom stereocenters. The average Bonchev–Trinajstić information content (AvgIpc) is 2.48. The van der Waals surface area contributed by atoms with E-state index in [-0.39, 0.29) is 0 Å². The van der Waals surface area contributed by atoms with Crippen LogP contribution >= 0.6 is 15.9 Å². The molecule has 3 nitrogen and oxygen atoms in total. The van der Waals surface area contributed by atoms with Crippen molar-refractivity contribution in [2.75, 3.05) is 7.11 Å². The Morgan fingerprint density at radius 2 is 1.95 bits per heavy atom. The second kappa shape index (κ2) is 6.76.